The van der Waals surface area contributed by atoms with E-state index in [1.807, 2.05) is 47.0 Å². The van der Waals surface area contributed by atoms with Gasteiger partial charge < -0.3 is 14.6 Å². The summed E-state index contributed by atoms with van der Waals surface area (Å²) in [6, 6.07) is 18.0. The molecule has 1 unspecified atom stereocenters. The number of para-hydroxylation sites is 2. The zero-order valence-corrected chi connectivity index (χ0v) is 15.3. The highest BCUT2D eigenvalue weighted by atomic mass is 16.5. The van der Waals surface area contributed by atoms with Gasteiger partial charge in [-0.25, -0.2) is 4.98 Å². The van der Waals surface area contributed by atoms with E-state index in [2.05, 4.69) is 27.3 Å². The molecule has 3 aromatic rings. The molecule has 0 aliphatic carbocycles. The third-order valence-electron chi connectivity index (χ3n) is 4.92. The number of rotatable bonds is 6. The molecule has 6 nitrogen and oxygen atoms in total. The van der Waals surface area contributed by atoms with Crippen molar-refractivity contribution in [3.8, 4) is 0 Å². The second kappa shape index (κ2) is 8.33. The molecule has 0 spiro atoms. The third-order valence-corrected chi connectivity index (χ3v) is 4.92. The Labute approximate surface area is 158 Å². The number of amides is 1. The van der Waals surface area contributed by atoms with Crippen molar-refractivity contribution in [1.82, 2.24) is 19.8 Å². The van der Waals surface area contributed by atoms with Crippen LogP contribution in [0.4, 0.5) is 0 Å². The zero-order chi connectivity index (χ0) is 18.5. The Morgan fingerprint density at radius 1 is 1.07 bits per heavy atom. The van der Waals surface area contributed by atoms with E-state index in [0.29, 0.717) is 0 Å². The Kier molecular flexibility index (Phi) is 5.46. The first-order chi connectivity index (χ1) is 13.3. The number of fused-ring (bicyclic) bond motifs is 1. The maximum atomic E-state index is 12.8. The summed E-state index contributed by atoms with van der Waals surface area (Å²) in [5.74, 6) is -0.0136. The number of benzene rings is 2. The number of ether oxygens (including phenoxy) is 1. The predicted octanol–water partition coefficient (Wildman–Crippen LogP) is 2.23. The molecule has 2 heterocycles. The summed E-state index contributed by atoms with van der Waals surface area (Å²) in [7, 11) is 0. The molecule has 2 aromatic carbocycles. The highest BCUT2D eigenvalue weighted by Gasteiger charge is 2.20. The summed E-state index contributed by atoms with van der Waals surface area (Å²) in [6.45, 7) is 4.32. The van der Waals surface area contributed by atoms with Crippen LogP contribution in [0, 0.1) is 0 Å². The maximum absolute atomic E-state index is 12.8. The molecule has 1 aromatic heterocycles. The van der Waals surface area contributed by atoms with E-state index in [9.17, 15) is 4.79 Å². The van der Waals surface area contributed by atoms with Gasteiger partial charge in [0, 0.05) is 19.6 Å². The predicted molar refractivity (Wildman–Crippen MR) is 104 cm³/mol. The monoisotopic (exact) mass is 364 g/mol. The first kappa shape index (κ1) is 17.7. The van der Waals surface area contributed by atoms with Gasteiger partial charge in [-0.15, -0.1) is 0 Å². The molecule has 4 rings (SSSR count). The summed E-state index contributed by atoms with van der Waals surface area (Å²) in [5, 5.41) is 3.21. The van der Waals surface area contributed by atoms with Gasteiger partial charge in [0.1, 0.15) is 6.54 Å². The Balaban J connectivity index is 1.47. The van der Waals surface area contributed by atoms with Crippen LogP contribution in [-0.4, -0.2) is 53.2 Å². The topological polar surface area (TPSA) is 59.4 Å². The van der Waals surface area contributed by atoms with Crippen LogP contribution < -0.4 is 5.32 Å². The number of nitrogens with zero attached hydrogens (tertiary/aromatic N) is 3. The fourth-order valence-electron chi connectivity index (χ4n) is 3.49. The largest absolute Gasteiger partial charge is 0.379 e. The SMILES string of the molecule is O=C(Cn1cnc2ccccc21)NC(CN1CCOCC1)c1ccccc1. The lowest BCUT2D eigenvalue weighted by molar-refractivity contribution is -0.122. The molecule has 1 saturated heterocycles. The molecule has 27 heavy (non-hydrogen) atoms. The maximum Gasteiger partial charge on any atom is 0.240 e. The number of morpholine rings is 1. The average molecular weight is 364 g/mol. The van der Waals surface area contributed by atoms with E-state index in [-0.39, 0.29) is 18.5 Å². The van der Waals surface area contributed by atoms with Gasteiger partial charge in [-0.3, -0.25) is 9.69 Å². The fraction of sp³-hybridized carbons (Fsp3) is 0.333. The summed E-state index contributed by atoms with van der Waals surface area (Å²) in [6.07, 6.45) is 1.73. The Bertz CT molecular complexity index is 887. The van der Waals surface area contributed by atoms with Gasteiger partial charge in [0.15, 0.2) is 0 Å². The quantitative estimate of drug-likeness (QED) is 0.729. The van der Waals surface area contributed by atoms with E-state index in [0.717, 1.165) is 49.4 Å². The van der Waals surface area contributed by atoms with Crippen LogP contribution in [0.5, 0.6) is 0 Å². The average Bonchev–Trinajstić information content (AvgIpc) is 3.12. The molecular weight excluding hydrogens is 340 g/mol. The van der Waals surface area contributed by atoms with Crippen LogP contribution >= 0.6 is 0 Å². The molecule has 1 fully saturated rings. The van der Waals surface area contributed by atoms with E-state index in [1.165, 1.54) is 0 Å². The van der Waals surface area contributed by atoms with Gasteiger partial charge in [-0.2, -0.15) is 0 Å². The highest BCUT2D eigenvalue weighted by Crippen LogP contribution is 2.16. The molecule has 1 amide bonds. The van der Waals surface area contributed by atoms with E-state index >= 15 is 0 Å². The van der Waals surface area contributed by atoms with Crippen molar-refractivity contribution in [2.45, 2.75) is 12.6 Å². The standard InChI is InChI=1S/C21H24N4O2/c26-21(15-25-16-22-18-8-4-5-9-20(18)25)23-19(17-6-2-1-3-7-17)14-24-10-12-27-13-11-24/h1-9,16,19H,10-15H2,(H,23,26). The summed E-state index contributed by atoms with van der Waals surface area (Å²) in [4.78, 5) is 19.5. The molecule has 140 valence electrons. The lowest BCUT2D eigenvalue weighted by Gasteiger charge is -2.31. The minimum Gasteiger partial charge on any atom is -0.379 e. The first-order valence-electron chi connectivity index (χ1n) is 9.34. The Hall–Kier alpha value is -2.70. The second-order valence-electron chi connectivity index (χ2n) is 6.80. The summed E-state index contributed by atoms with van der Waals surface area (Å²) in [5.41, 5.74) is 2.99. The summed E-state index contributed by atoms with van der Waals surface area (Å²) < 4.78 is 7.33. The Morgan fingerprint density at radius 2 is 1.81 bits per heavy atom. The van der Waals surface area contributed by atoms with Crippen LogP contribution in [0.3, 0.4) is 0 Å². The third kappa shape index (κ3) is 4.35. The Morgan fingerprint density at radius 3 is 2.63 bits per heavy atom. The molecule has 6 heteroatoms. The van der Waals surface area contributed by atoms with Crippen molar-refractivity contribution >= 4 is 16.9 Å². The van der Waals surface area contributed by atoms with Gasteiger partial charge in [-0.05, 0) is 17.7 Å². The molecule has 1 atom stereocenters. The van der Waals surface area contributed by atoms with Gasteiger partial charge in [0.25, 0.3) is 0 Å². The normalized spacial score (nSPS) is 16.3. The number of carbonyl (C=O) groups excluding carboxylic acids is 1. The minimum absolute atomic E-state index is 0.0136. The van der Waals surface area contributed by atoms with E-state index in [4.69, 9.17) is 4.74 Å². The van der Waals surface area contributed by atoms with Crippen LogP contribution in [0.15, 0.2) is 60.9 Å². The van der Waals surface area contributed by atoms with Crippen LogP contribution in [0.1, 0.15) is 11.6 Å². The molecule has 1 N–H and O–H groups in total. The number of aromatic nitrogens is 2. The van der Waals surface area contributed by atoms with Crippen molar-refractivity contribution in [3.05, 3.63) is 66.5 Å². The fourth-order valence-corrected chi connectivity index (χ4v) is 3.49. The van der Waals surface area contributed by atoms with Crippen molar-refractivity contribution in [1.29, 1.82) is 0 Å². The molecular formula is C21H24N4O2. The second-order valence-corrected chi connectivity index (χ2v) is 6.80. The number of imidazole rings is 1. The van der Waals surface area contributed by atoms with Gasteiger partial charge in [-0.1, -0.05) is 42.5 Å². The lowest BCUT2D eigenvalue weighted by atomic mass is 10.1. The molecule has 1 aliphatic heterocycles. The number of hydrogen-bond acceptors (Lipinski definition) is 4. The van der Waals surface area contributed by atoms with Crippen molar-refractivity contribution in [2.75, 3.05) is 32.8 Å². The van der Waals surface area contributed by atoms with E-state index in [1.54, 1.807) is 6.33 Å². The van der Waals surface area contributed by atoms with Crippen LogP contribution in [0.25, 0.3) is 11.0 Å². The molecule has 0 radical (unpaired) electrons. The van der Waals surface area contributed by atoms with Gasteiger partial charge in [0.2, 0.25) is 5.91 Å². The van der Waals surface area contributed by atoms with Gasteiger partial charge >= 0.3 is 0 Å². The van der Waals surface area contributed by atoms with Crippen molar-refractivity contribution in [3.63, 3.8) is 0 Å². The van der Waals surface area contributed by atoms with Crippen LogP contribution in [0.2, 0.25) is 0 Å². The van der Waals surface area contributed by atoms with Crippen molar-refractivity contribution in [2.24, 2.45) is 0 Å². The van der Waals surface area contributed by atoms with E-state index < -0.39 is 0 Å². The lowest BCUT2D eigenvalue weighted by Crippen LogP contribution is -2.43. The molecule has 1 aliphatic rings. The van der Waals surface area contributed by atoms with Gasteiger partial charge in [0.05, 0.1) is 36.6 Å². The molecule has 0 saturated carbocycles. The van der Waals surface area contributed by atoms with Crippen LogP contribution in [-0.2, 0) is 16.1 Å². The van der Waals surface area contributed by atoms with Crippen molar-refractivity contribution < 1.29 is 9.53 Å². The minimum atomic E-state index is -0.0495. The number of nitrogens with one attached hydrogen (secondary N) is 1. The smallest absolute Gasteiger partial charge is 0.240 e. The number of hydrogen-bond donors (Lipinski definition) is 1. The first-order valence-corrected chi connectivity index (χ1v) is 9.34. The number of carbonyl (C=O) groups is 1. The highest BCUT2D eigenvalue weighted by molar-refractivity contribution is 5.80. The summed E-state index contributed by atoms with van der Waals surface area (Å²) >= 11 is 0. The zero-order valence-electron chi connectivity index (χ0n) is 15.3. The molecule has 0 bridgehead atoms.